The zero-order valence-corrected chi connectivity index (χ0v) is 74.3. The minimum atomic E-state index is -1.92. The zero-order valence-electron chi connectivity index (χ0n) is 73.4. The second-order valence-electron chi connectivity index (χ2n) is 32.8. The van der Waals surface area contributed by atoms with Crippen LogP contribution < -0.4 is 58.9 Å². The van der Waals surface area contributed by atoms with Gasteiger partial charge in [0.15, 0.2) is 0 Å². The molecule has 0 spiro atoms. The fourth-order valence-electron chi connectivity index (χ4n) is 14.7. The molecule has 1 aliphatic heterocycles. The maximum absolute atomic E-state index is 15.5. The molecule has 1 saturated heterocycles. The van der Waals surface area contributed by atoms with Gasteiger partial charge in [-0.05, 0) is 101 Å². The molecular weight excluding hydrogens is 1680 g/mol. The highest BCUT2D eigenvalue weighted by atomic mass is 32.2. The number of halogens is 1. The van der Waals surface area contributed by atoms with Crippen molar-refractivity contribution in [3.63, 3.8) is 0 Å². The first kappa shape index (κ1) is 101. The van der Waals surface area contributed by atoms with Gasteiger partial charge in [0.05, 0.1) is 31.8 Å². The number of carbonyl (C=O) groups excluding carboxylic acids is 15. The lowest BCUT2D eigenvalue weighted by Gasteiger charge is -2.37. The number of carboxylic acid groups (broad SMARTS) is 1. The van der Waals surface area contributed by atoms with Crippen molar-refractivity contribution in [2.75, 3.05) is 59.3 Å². The summed E-state index contributed by atoms with van der Waals surface area (Å²) in [5, 5.41) is 57.8. The van der Waals surface area contributed by atoms with Crippen molar-refractivity contribution in [2.24, 2.45) is 17.6 Å². The lowest BCUT2D eigenvalue weighted by molar-refractivity contribution is -0.151. The molecule has 0 unspecified atom stereocenters. The van der Waals surface area contributed by atoms with E-state index >= 15 is 28.8 Å². The van der Waals surface area contributed by atoms with Crippen LogP contribution in [-0.4, -0.2) is 260 Å². The average Bonchev–Trinajstić information content (AvgIpc) is 1.41. The number of thioether (sulfide) groups is 1. The number of para-hydroxylation sites is 1. The molecule has 1 aromatic heterocycles. The summed E-state index contributed by atoms with van der Waals surface area (Å²) >= 11 is 0.781. The number of carboxylic acids is 1. The first-order valence-corrected chi connectivity index (χ1v) is 43.5. The fraction of sp³-hybridized carbons (Fsp3) is 0.413. The van der Waals surface area contributed by atoms with Crippen molar-refractivity contribution >= 4 is 117 Å². The Kier molecular flexibility index (Phi) is 38.1. The molecule has 1 aliphatic rings. The van der Waals surface area contributed by atoms with E-state index in [1.807, 2.05) is 6.92 Å². The van der Waals surface area contributed by atoms with E-state index in [1.54, 1.807) is 105 Å². The number of benzene rings is 6. The van der Waals surface area contributed by atoms with Gasteiger partial charge in [0, 0.05) is 89.6 Å². The Morgan fingerprint density at radius 1 is 0.481 bits per heavy atom. The number of aromatic hydroxyl groups is 2. The topological polar surface area (TPSA) is 509 Å². The van der Waals surface area contributed by atoms with Gasteiger partial charge in [-0.3, -0.25) is 76.7 Å². The number of hydrogen-bond acceptors (Lipinski definition) is 19. The molecule has 35 nitrogen and oxygen atoms in total. The van der Waals surface area contributed by atoms with E-state index in [1.165, 1.54) is 103 Å². The molecule has 16 N–H and O–H groups in total. The molecule has 1 fully saturated rings. The van der Waals surface area contributed by atoms with Gasteiger partial charge in [-0.15, -0.1) is 11.8 Å². The fourth-order valence-corrected chi connectivity index (χ4v) is 15.5. The van der Waals surface area contributed by atoms with Crippen LogP contribution in [0.5, 0.6) is 11.5 Å². The van der Waals surface area contributed by atoms with Crippen molar-refractivity contribution in [1.82, 2.24) is 77.8 Å². The van der Waals surface area contributed by atoms with Gasteiger partial charge < -0.3 is 98.8 Å². The van der Waals surface area contributed by atoms with E-state index in [4.69, 9.17) is 5.73 Å². The number of H-pyrrole nitrogens is 1. The Morgan fingerprint density at radius 3 is 1.46 bits per heavy atom. The monoisotopic (exact) mass is 1800 g/mol. The number of fused-ring (bicyclic) bond motifs is 1. The molecule has 8 rings (SSSR count). The van der Waals surface area contributed by atoms with E-state index < -0.39 is 210 Å². The quantitative estimate of drug-likeness (QED) is 0.0436. The number of hydrogen-bond donors (Lipinski definition) is 15. The highest BCUT2D eigenvalue weighted by Gasteiger charge is 2.41. The number of carbonyl (C=O) groups is 16. The number of primary amides is 1. The third-order valence-electron chi connectivity index (χ3n) is 21.7. The molecule has 0 aliphatic carbocycles. The van der Waals surface area contributed by atoms with E-state index in [0.717, 1.165) is 43.5 Å². The summed E-state index contributed by atoms with van der Waals surface area (Å²) in [6.45, 7) is 6.00. The Bertz CT molecular complexity index is 5090. The third-order valence-corrected chi connectivity index (χ3v) is 22.7. The second-order valence-corrected chi connectivity index (χ2v) is 33.8. The molecule has 11 atom stereocenters. The van der Waals surface area contributed by atoms with Crippen LogP contribution in [0.25, 0.3) is 10.9 Å². The number of phenols is 2. The predicted octanol–water partition coefficient (Wildman–Crippen LogP) is 2.12. The summed E-state index contributed by atoms with van der Waals surface area (Å²) in [6, 6.07) is 22.8. The van der Waals surface area contributed by atoms with E-state index in [-0.39, 0.29) is 68.8 Å². The highest BCUT2D eigenvalue weighted by molar-refractivity contribution is 8.00. The van der Waals surface area contributed by atoms with Crippen molar-refractivity contribution in [3.05, 3.63) is 203 Å². The van der Waals surface area contributed by atoms with Crippen LogP contribution in [0.2, 0.25) is 0 Å². The van der Waals surface area contributed by atoms with Gasteiger partial charge in [0.1, 0.15) is 83.8 Å². The van der Waals surface area contributed by atoms with Crippen LogP contribution >= 0.6 is 11.8 Å². The van der Waals surface area contributed by atoms with Crippen LogP contribution in [0.15, 0.2) is 164 Å². The number of aliphatic carboxylic acids is 1. The molecule has 37 heteroatoms. The van der Waals surface area contributed by atoms with Crippen LogP contribution in [0.4, 0.5) is 4.39 Å². The summed E-state index contributed by atoms with van der Waals surface area (Å²) in [5.41, 5.74) is 8.75. The van der Waals surface area contributed by atoms with Crippen LogP contribution in [0.3, 0.4) is 0 Å². The first-order valence-electron chi connectivity index (χ1n) is 42.4. The normalized spacial score (nSPS) is 21.8. The standard InChI is InChI=1S/C92H115FN16O19S/c1-10-11-26-74-91(127)107(7)50-78(114)98-70(46-80(116)117)87(123)105-81(54(4)5)88(124)102-68(40-55-20-14-12-15-21-55)85(121)103-71(42-59-31-37-63(111)38-32-59)89(125)106(6)49-77(113)97-69(45-60-47-95-65-25-19-18-24-64(60)65)86(122)101-67(41-58-29-35-62(110)36-30-58)84(120)100-66(39-53(2)3)83(119)104-73(82(118)96-48-76(94)112)51-129-52-79(115)99-72(43-57-27-33-61(93)34-28-57)90(126)109(9)75(92(128)108(74)8)44-56-22-16-13-17-23-56/h12-25,27-38,47,53-54,66-75,81,95,110-111H,10-11,26,39-46,48-52H2,1-9H3,(H2,94,112)(H,96,118)(H,97,113)(H,98,114)(H,99,115)(H,100,120)(H,101,122)(H,102,124)(H,103,121)(H,104,119)(H,105,123)(H,116,117)/t66-,67-,68-,69-,70-,71-,72-,73-,74-,75-,81-/m0/s1. The number of nitrogens with zero attached hydrogens (tertiary/aromatic N) is 4. The van der Waals surface area contributed by atoms with Gasteiger partial charge >= 0.3 is 5.97 Å². The number of amides is 15. The summed E-state index contributed by atoms with van der Waals surface area (Å²) in [5.74, 6) is -18.8. The summed E-state index contributed by atoms with van der Waals surface area (Å²) in [4.78, 5) is 241. The third kappa shape index (κ3) is 31.1. The molecule has 0 radical (unpaired) electrons. The van der Waals surface area contributed by atoms with Crippen LogP contribution in [0.1, 0.15) is 100 Å². The minimum absolute atomic E-state index is 0.00170. The Morgan fingerprint density at radius 2 is 0.922 bits per heavy atom. The smallest absolute Gasteiger partial charge is 0.305 e. The lowest BCUT2D eigenvalue weighted by atomic mass is 9.99. The van der Waals surface area contributed by atoms with Crippen LogP contribution in [-0.2, 0) is 115 Å². The predicted molar refractivity (Wildman–Crippen MR) is 477 cm³/mol. The van der Waals surface area contributed by atoms with Crippen molar-refractivity contribution in [3.8, 4) is 11.5 Å². The summed E-state index contributed by atoms with van der Waals surface area (Å²) in [7, 11) is 5.12. The molecular formula is C92H115FN16O19S. The number of likely N-dealkylation sites (N-methyl/N-ethyl adjacent to an activating group) is 4. The van der Waals surface area contributed by atoms with Gasteiger partial charge in [0.2, 0.25) is 88.6 Å². The summed E-state index contributed by atoms with van der Waals surface area (Å²) in [6.07, 6.45) is -0.332. The number of rotatable bonds is 23. The average molecular weight is 1800 g/mol. The van der Waals surface area contributed by atoms with Gasteiger partial charge in [-0.2, -0.15) is 0 Å². The first-order chi connectivity index (χ1) is 61.3. The molecule has 7 aromatic rings. The maximum atomic E-state index is 15.5. The molecule has 2 heterocycles. The largest absolute Gasteiger partial charge is 0.508 e. The second kappa shape index (κ2) is 48.8. The van der Waals surface area contributed by atoms with Gasteiger partial charge in [0.25, 0.3) is 0 Å². The van der Waals surface area contributed by atoms with E-state index in [9.17, 15) is 67.7 Å². The molecule has 0 saturated carbocycles. The van der Waals surface area contributed by atoms with Gasteiger partial charge in [-0.1, -0.05) is 163 Å². The van der Waals surface area contributed by atoms with Crippen LogP contribution in [0, 0.1) is 17.7 Å². The number of unbranched alkanes of at least 4 members (excludes halogenated alkanes) is 1. The minimum Gasteiger partial charge on any atom is -0.508 e. The SMILES string of the molecule is CCCC[C@H]1C(=O)N(C)CC(=O)N[C@@H](CC(=O)O)C(=O)N[C@@H](C(C)C)C(=O)N[C@@H](Cc2ccccc2)C(=O)N[C@@H](Cc2ccc(O)cc2)C(=O)N(C)CC(=O)N[C@@H](Cc2c[nH]c3ccccc23)C(=O)N[C@@H](Cc2ccc(O)cc2)C(=O)N[C@@H](CC(C)C)C(=O)N[C@H](C(=O)NCC(N)=O)CSCC(=O)N[C@@H](Cc2ccc(F)cc2)C(=O)N(C)[C@@H](Cc2ccccc2)C(=O)N1C. The number of nitrogens with two attached hydrogens (primary N) is 1. The molecule has 129 heavy (non-hydrogen) atoms. The van der Waals surface area contributed by atoms with E-state index in [2.05, 4.69) is 58.2 Å². The van der Waals surface area contributed by atoms with Gasteiger partial charge in [-0.25, -0.2) is 4.39 Å². The zero-order chi connectivity index (χ0) is 94.3. The molecule has 15 amide bonds. The van der Waals surface area contributed by atoms with Crippen molar-refractivity contribution < 1.29 is 96.4 Å². The maximum Gasteiger partial charge on any atom is 0.305 e. The molecule has 6 aromatic carbocycles. The number of aromatic amines is 1. The Hall–Kier alpha value is -13.7. The molecule has 0 bridgehead atoms. The number of aromatic nitrogens is 1. The summed E-state index contributed by atoms with van der Waals surface area (Å²) < 4.78 is 14.5. The Balaban J connectivity index is 1.21. The molecule has 690 valence electrons. The Labute approximate surface area is 750 Å². The lowest BCUT2D eigenvalue weighted by Crippen LogP contribution is -2.61. The van der Waals surface area contributed by atoms with E-state index in [0.29, 0.717) is 57.1 Å². The van der Waals surface area contributed by atoms with Crippen molar-refractivity contribution in [1.29, 1.82) is 0 Å². The highest BCUT2D eigenvalue weighted by Crippen LogP contribution is 2.24. The number of phenolic OH excluding ortho intramolecular Hbond substituents is 2. The van der Waals surface area contributed by atoms with Crippen molar-refractivity contribution in [2.45, 2.75) is 172 Å². The number of nitrogens with one attached hydrogen (secondary N) is 11.